The number of hydrogen-bond donors (Lipinski definition) is 2. The van der Waals surface area contributed by atoms with Crippen LogP contribution in [0.3, 0.4) is 0 Å². The van der Waals surface area contributed by atoms with Crippen molar-refractivity contribution in [2.45, 2.75) is 6.10 Å². The minimum atomic E-state index is -0.560. The van der Waals surface area contributed by atoms with E-state index in [0.29, 0.717) is 23.9 Å². The number of aliphatic hydroxyl groups excluding tert-OH is 1. The summed E-state index contributed by atoms with van der Waals surface area (Å²) in [6.07, 6.45) is -0.560. The van der Waals surface area contributed by atoms with Crippen LogP contribution in [0.2, 0.25) is 0 Å². The molecule has 96 valence electrons. The average Bonchev–Trinajstić information content (AvgIpc) is 2.29. The molecule has 0 aromatic carbocycles. The molecule has 0 radical (unpaired) electrons. The molecule has 1 aromatic heterocycles. The third-order valence-electron chi connectivity index (χ3n) is 2.30. The minimum Gasteiger partial charge on any atom is -0.479 e. The molecule has 0 saturated heterocycles. The summed E-state index contributed by atoms with van der Waals surface area (Å²) in [4.78, 5) is 6.04. The smallest absolute Gasteiger partial charge is 0.238 e. The first-order chi connectivity index (χ1) is 8.08. The highest BCUT2D eigenvalue weighted by Crippen LogP contribution is 2.21. The number of nitrogens with two attached hydrogens (primary N) is 1. The fourth-order valence-corrected chi connectivity index (χ4v) is 1.47. The predicted octanol–water partition coefficient (Wildman–Crippen LogP) is 0.116. The van der Waals surface area contributed by atoms with E-state index in [2.05, 4.69) is 4.98 Å². The van der Waals surface area contributed by atoms with Gasteiger partial charge < -0.3 is 25.2 Å². The number of rotatable bonds is 6. The summed E-state index contributed by atoms with van der Waals surface area (Å²) in [7, 11) is 4.90. The normalized spacial score (nSPS) is 12.2. The molecule has 6 heteroatoms. The third kappa shape index (κ3) is 3.76. The number of methoxy groups -OCH3 is 2. The predicted molar refractivity (Wildman–Crippen MR) is 66.4 cm³/mol. The first kappa shape index (κ1) is 13.5. The van der Waals surface area contributed by atoms with Crippen molar-refractivity contribution in [2.75, 3.05) is 45.1 Å². The molecule has 0 aliphatic carbocycles. The van der Waals surface area contributed by atoms with Crippen LogP contribution in [0.25, 0.3) is 0 Å². The molecule has 0 bridgehead atoms. The summed E-state index contributed by atoms with van der Waals surface area (Å²) in [6, 6.07) is 3.50. The summed E-state index contributed by atoms with van der Waals surface area (Å²) in [6.45, 7) is 0.713. The van der Waals surface area contributed by atoms with Gasteiger partial charge in [-0.2, -0.15) is 4.98 Å². The lowest BCUT2D eigenvalue weighted by Crippen LogP contribution is -2.32. The number of aliphatic hydroxyl groups is 1. The first-order valence-electron chi connectivity index (χ1n) is 5.27. The molecule has 0 spiro atoms. The number of nitrogen functional groups attached to an aromatic ring is 1. The monoisotopic (exact) mass is 241 g/mol. The van der Waals surface area contributed by atoms with Crippen molar-refractivity contribution in [3.63, 3.8) is 0 Å². The molecule has 17 heavy (non-hydrogen) atoms. The standard InChI is InChI=1S/C11H19N3O3/c1-14(6-8(15)7-16-2)10-5-4-9(12)11(13-10)17-3/h4-5,8,15H,6-7,12H2,1-3H3. The van der Waals surface area contributed by atoms with Crippen LogP contribution in [-0.2, 0) is 4.74 Å². The Hall–Kier alpha value is -1.53. The number of ether oxygens (including phenoxy) is 2. The maximum atomic E-state index is 9.61. The molecule has 0 fully saturated rings. The second-order valence-corrected chi connectivity index (χ2v) is 3.76. The summed E-state index contributed by atoms with van der Waals surface area (Å²) < 4.78 is 9.90. The van der Waals surface area contributed by atoms with Crippen LogP contribution in [-0.4, -0.2) is 50.6 Å². The fourth-order valence-electron chi connectivity index (χ4n) is 1.47. The lowest BCUT2D eigenvalue weighted by Gasteiger charge is -2.21. The SMILES string of the molecule is COCC(O)CN(C)c1ccc(N)c(OC)n1. The highest BCUT2D eigenvalue weighted by molar-refractivity contribution is 5.54. The number of likely N-dealkylation sites (N-methyl/N-ethyl adjacent to an activating group) is 1. The molecule has 0 aliphatic rings. The van der Waals surface area contributed by atoms with Gasteiger partial charge in [0.2, 0.25) is 5.88 Å². The molecule has 0 aliphatic heterocycles. The quantitative estimate of drug-likeness (QED) is 0.736. The molecule has 1 rings (SSSR count). The van der Waals surface area contributed by atoms with Gasteiger partial charge in [-0.1, -0.05) is 0 Å². The van der Waals surface area contributed by atoms with E-state index in [1.165, 1.54) is 7.11 Å². The van der Waals surface area contributed by atoms with Crippen LogP contribution < -0.4 is 15.4 Å². The molecule has 0 amide bonds. The van der Waals surface area contributed by atoms with E-state index < -0.39 is 6.10 Å². The van der Waals surface area contributed by atoms with Gasteiger partial charge in [-0.05, 0) is 12.1 Å². The summed E-state index contributed by atoms with van der Waals surface area (Å²) in [5.74, 6) is 1.07. The van der Waals surface area contributed by atoms with E-state index in [-0.39, 0.29) is 6.61 Å². The Morgan fingerprint density at radius 2 is 2.18 bits per heavy atom. The van der Waals surface area contributed by atoms with E-state index >= 15 is 0 Å². The molecule has 1 heterocycles. The summed E-state index contributed by atoms with van der Waals surface area (Å²) >= 11 is 0. The van der Waals surface area contributed by atoms with E-state index in [0.717, 1.165) is 0 Å². The maximum absolute atomic E-state index is 9.61. The van der Waals surface area contributed by atoms with Gasteiger partial charge in [-0.3, -0.25) is 0 Å². The van der Waals surface area contributed by atoms with Crippen LogP contribution in [0.1, 0.15) is 0 Å². The van der Waals surface area contributed by atoms with Gasteiger partial charge in [0, 0.05) is 20.7 Å². The van der Waals surface area contributed by atoms with E-state index in [9.17, 15) is 5.11 Å². The van der Waals surface area contributed by atoms with Gasteiger partial charge in [0.1, 0.15) is 5.82 Å². The van der Waals surface area contributed by atoms with E-state index in [4.69, 9.17) is 15.2 Å². The second-order valence-electron chi connectivity index (χ2n) is 3.76. The van der Waals surface area contributed by atoms with Crippen molar-refractivity contribution in [2.24, 2.45) is 0 Å². The van der Waals surface area contributed by atoms with Gasteiger partial charge in [-0.25, -0.2) is 0 Å². The van der Waals surface area contributed by atoms with Crippen LogP contribution in [0.5, 0.6) is 5.88 Å². The maximum Gasteiger partial charge on any atom is 0.238 e. The third-order valence-corrected chi connectivity index (χ3v) is 2.30. The molecule has 1 atom stereocenters. The summed E-state index contributed by atoms with van der Waals surface area (Å²) in [5.41, 5.74) is 6.16. The molecule has 6 nitrogen and oxygen atoms in total. The molecule has 1 unspecified atom stereocenters. The highest BCUT2D eigenvalue weighted by Gasteiger charge is 2.11. The molecular formula is C11H19N3O3. The van der Waals surface area contributed by atoms with Crippen molar-refractivity contribution in [3.8, 4) is 5.88 Å². The van der Waals surface area contributed by atoms with Crippen molar-refractivity contribution < 1.29 is 14.6 Å². The van der Waals surface area contributed by atoms with Gasteiger partial charge in [-0.15, -0.1) is 0 Å². The van der Waals surface area contributed by atoms with Crippen LogP contribution in [0.15, 0.2) is 12.1 Å². The van der Waals surface area contributed by atoms with Crippen molar-refractivity contribution in [1.29, 1.82) is 0 Å². The molecule has 0 saturated carbocycles. The van der Waals surface area contributed by atoms with Crippen LogP contribution >= 0.6 is 0 Å². The van der Waals surface area contributed by atoms with Gasteiger partial charge in [0.05, 0.1) is 25.5 Å². The van der Waals surface area contributed by atoms with Gasteiger partial charge in [0.25, 0.3) is 0 Å². The summed E-state index contributed by atoms with van der Waals surface area (Å²) in [5, 5.41) is 9.61. The lowest BCUT2D eigenvalue weighted by atomic mass is 10.3. The zero-order valence-corrected chi connectivity index (χ0v) is 10.4. The Labute approximate surface area is 101 Å². The molecular weight excluding hydrogens is 222 g/mol. The van der Waals surface area contributed by atoms with E-state index in [1.807, 2.05) is 11.9 Å². The van der Waals surface area contributed by atoms with Crippen molar-refractivity contribution >= 4 is 11.5 Å². The van der Waals surface area contributed by atoms with Crippen LogP contribution in [0, 0.1) is 0 Å². The fraction of sp³-hybridized carbons (Fsp3) is 0.545. The molecule has 1 aromatic rings. The Bertz CT molecular complexity index is 360. The largest absolute Gasteiger partial charge is 0.479 e. The Morgan fingerprint density at radius 3 is 2.76 bits per heavy atom. The zero-order chi connectivity index (χ0) is 12.8. The average molecular weight is 241 g/mol. The van der Waals surface area contributed by atoms with Gasteiger partial charge in [0.15, 0.2) is 0 Å². The van der Waals surface area contributed by atoms with Crippen molar-refractivity contribution in [3.05, 3.63) is 12.1 Å². The van der Waals surface area contributed by atoms with Crippen molar-refractivity contribution in [1.82, 2.24) is 4.98 Å². The topological polar surface area (TPSA) is 80.8 Å². The number of pyridine rings is 1. The Kier molecular flexibility index (Phi) is 4.99. The number of anilines is 2. The molecule has 3 N–H and O–H groups in total. The lowest BCUT2D eigenvalue weighted by molar-refractivity contribution is 0.0694. The minimum absolute atomic E-state index is 0.288. The Balaban J connectivity index is 2.71. The number of hydrogen-bond acceptors (Lipinski definition) is 6. The number of aromatic nitrogens is 1. The second kappa shape index (κ2) is 6.27. The van der Waals surface area contributed by atoms with Gasteiger partial charge >= 0.3 is 0 Å². The zero-order valence-electron chi connectivity index (χ0n) is 10.4. The first-order valence-corrected chi connectivity index (χ1v) is 5.27. The number of nitrogens with zero attached hydrogens (tertiary/aromatic N) is 2. The highest BCUT2D eigenvalue weighted by atomic mass is 16.5. The van der Waals surface area contributed by atoms with Crippen LogP contribution in [0.4, 0.5) is 11.5 Å². The Morgan fingerprint density at radius 1 is 1.47 bits per heavy atom. The van der Waals surface area contributed by atoms with E-state index in [1.54, 1.807) is 19.2 Å².